The van der Waals surface area contributed by atoms with Gasteiger partial charge in [-0.25, -0.2) is 0 Å². The van der Waals surface area contributed by atoms with Crippen molar-refractivity contribution in [1.29, 1.82) is 0 Å². The second-order valence-electron chi connectivity index (χ2n) is 5.68. The number of guanidine groups is 1. The number of anilines is 1. The van der Waals surface area contributed by atoms with Gasteiger partial charge in [0.05, 0.1) is 6.42 Å². The van der Waals surface area contributed by atoms with E-state index in [1.165, 1.54) is 5.69 Å². The van der Waals surface area contributed by atoms with E-state index in [4.69, 9.17) is 0 Å². The summed E-state index contributed by atoms with van der Waals surface area (Å²) in [6, 6.07) is 10.2. The van der Waals surface area contributed by atoms with Gasteiger partial charge in [0.1, 0.15) is 0 Å². The molecular formula is C16H24F3IN4. The fourth-order valence-corrected chi connectivity index (χ4v) is 2.66. The molecule has 1 heterocycles. The van der Waals surface area contributed by atoms with Crippen LogP contribution < -0.4 is 15.5 Å². The molecule has 1 atom stereocenters. The largest absolute Gasteiger partial charge is 0.390 e. The van der Waals surface area contributed by atoms with Crippen LogP contribution in [0.25, 0.3) is 0 Å². The Kier molecular flexibility index (Phi) is 8.65. The molecule has 1 saturated heterocycles. The Labute approximate surface area is 157 Å². The molecule has 0 spiro atoms. The van der Waals surface area contributed by atoms with Crippen LogP contribution in [-0.4, -0.2) is 45.4 Å². The van der Waals surface area contributed by atoms with Crippen LogP contribution in [0, 0.1) is 5.92 Å². The zero-order chi connectivity index (χ0) is 16.7. The van der Waals surface area contributed by atoms with Crippen LogP contribution in [0.15, 0.2) is 35.3 Å². The third kappa shape index (κ3) is 7.14. The van der Waals surface area contributed by atoms with Gasteiger partial charge >= 0.3 is 6.18 Å². The lowest BCUT2D eigenvalue weighted by atomic mass is 10.1. The highest BCUT2D eigenvalue weighted by Gasteiger charge is 2.26. The molecule has 4 nitrogen and oxygen atoms in total. The van der Waals surface area contributed by atoms with Gasteiger partial charge in [0.2, 0.25) is 0 Å². The van der Waals surface area contributed by atoms with Crippen LogP contribution in [-0.2, 0) is 0 Å². The normalized spacial score (nSPS) is 18.2. The van der Waals surface area contributed by atoms with E-state index in [9.17, 15) is 13.2 Å². The third-order valence-electron chi connectivity index (χ3n) is 3.89. The third-order valence-corrected chi connectivity index (χ3v) is 3.89. The molecule has 0 bridgehead atoms. The smallest absolute Gasteiger partial charge is 0.371 e. The van der Waals surface area contributed by atoms with Crippen LogP contribution in [0.3, 0.4) is 0 Å². The number of para-hydroxylation sites is 1. The van der Waals surface area contributed by atoms with Crippen LogP contribution >= 0.6 is 24.0 Å². The molecule has 0 aromatic heterocycles. The maximum Gasteiger partial charge on any atom is 0.390 e. The average Bonchev–Trinajstić information content (AvgIpc) is 2.99. The summed E-state index contributed by atoms with van der Waals surface area (Å²) in [5, 5.41) is 5.81. The van der Waals surface area contributed by atoms with Crippen LogP contribution in [0.2, 0.25) is 0 Å². The van der Waals surface area contributed by atoms with Crippen molar-refractivity contribution in [3.05, 3.63) is 30.3 Å². The fourth-order valence-electron chi connectivity index (χ4n) is 2.66. The van der Waals surface area contributed by atoms with Gasteiger partial charge in [0.25, 0.3) is 0 Å². The Balaban J connectivity index is 0.00000288. The maximum absolute atomic E-state index is 12.1. The van der Waals surface area contributed by atoms with E-state index in [1.807, 2.05) is 18.2 Å². The first kappa shape index (κ1) is 20.9. The van der Waals surface area contributed by atoms with E-state index in [-0.39, 0.29) is 30.5 Å². The van der Waals surface area contributed by atoms with Crippen LogP contribution in [0.1, 0.15) is 12.8 Å². The Morgan fingerprint density at radius 1 is 1.25 bits per heavy atom. The first-order chi connectivity index (χ1) is 11.0. The summed E-state index contributed by atoms with van der Waals surface area (Å²) < 4.78 is 36.4. The highest BCUT2D eigenvalue weighted by Crippen LogP contribution is 2.23. The zero-order valence-corrected chi connectivity index (χ0v) is 16.0. The lowest BCUT2D eigenvalue weighted by molar-refractivity contribution is -0.132. The number of benzene rings is 1. The SMILES string of the molecule is CN=C(NCCC(F)(F)F)NCC1CCN(c2ccccc2)C1.I. The minimum atomic E-state index is -4.15. The predicted molar refractivity (Wildman–Crippen MR) is 102 cm³/mol. The van der Waals surface area contributed by atoms with E-state index in [1.54, 1.807) is 7.05 Å². The summed E-state index contributed by atoms with van der Waals surface area (Å²) >= 11 is 0. The van der Waals surface area contributed by atoms with E-state index >= 15 is 0 Å². The van der Waals surface area contributed by atoms with Crippen molar-refractivity contribution in [3.8, 4) is 0 Å². The highest BCUT2D eigenvalue weighted by atomic mass is 127. The molecule has 1 aromatic rings. The van der Waals surface area contributed by atoms with Crippen molar-refractivity contribution in [2.24, 2.45) is 10.9 Å². The summed E-state index contributed by atoms with van der Waals surface area (Å²) in [5.74, 6) is 0.879. The van der Waals surface area contributed by atoms with E-state index in [0.717, 1.165) is 19.5 Å². The molecule has 2 N–H and O–H groups in total. The standard InChI is InChI=1S/C16H23F3N4.HI/c1-20-15(21-9-8-16(17,18)19)22-11-13-7-10-23(12-13)14-5-3-2-4-6-14;/h2-6,13H,7-12H2,1H3,(H2,20,21,22);1H. The molecular weight excluding hydrogens is 432 g/mol. The Morgan fingerprint density at radius 2 is 1.96 bits per heavy atom. The van der Waals surface area contributed by atoms with Gasteiger partial charge < -0.3 is 15.5 Å². The van der Waals surface area contributed by atoms with Crippen molar-refractivity contribution in [2.45, 2.75) is 19.0 Å². The summed E-state index contributed by atoms with van der Waals surface area (Å²) in [7, 11) is 1.56. The molecule has 1 aliphatic heterocycles. The average molecular weight is 456 g/mol. The van der Waals surface area contributed by atoms with Crippen molar-refractivity contribution in [1.82, 2.24) is 10.6 Å². The number of hydrogen-bond donors (Lipinski definition) is 2. The lowest BCUT2D eigenvalue weighted by Gasteiger charge is -2.19. The van der Waals surface area contributed by atoms with E-state index < -0.39 is 12.6 Å². The van der Waals surface area contributed by atoms with Gasteiger partial charge in [-0.05, 0) is 24.5 Å². The predicted octanol–water partition coefficient (Wildman–Crippen LogP) is 3.25. The second-order valence-corrected chi connectivity index (χ2v) is 5.68. The molecule has 8 heteroatoms. The van der Waals surface area contributed by atoms with Crippen molar-refractivity contribution in [3.63, 3.8) is 0 Å². The van der Waals surface area contributed by atoms with Crippen LogP contribution in [0.5, 0.6) is 0 Å². The van der Waals surface area contributed by atoms with Gasteiger partial charge in [-0.2, -0.15) is 13.2 Å². The lowest BCUT2D eigenvalue weighted by Crippen LogP contribution is -2.41. The molecule has 0 aliphatic carbocycles. The number of halogens is 4. The van der Waals surface area contributed by atoms with Crippen LogP contribution in [0.4, 0.5) is 18.9 Å². The molecule has 2 rings (SSSR count). The zero-order valence-electron chi connectivity index (χ0n) is 13.6. The Hall–Kier alpha value is -1.19. The molecule has 1 aromatic carbocycles. The molecule has 0 saturated carbocycles. The monoisotopic (exact) mass is 456 g/mol. The summed E-state index contributed by atoms with van der Waals surface area (Å²) in [4.78, 5) is 6.28. The van der Waals surface area contributed by atoms with E-state index in [0.29, 0.717) is 18.4 Å². The van der Waals surface area contributed by atoms with Gasteiger partial charge in [0, 0.05) is 38.9 Å². The molecule has 0 radical (unpaired) electrons. The quantitative estimate of drug-likeness (QED) is 0.406. The number of nitrogens with zero attached hydrogens (tertiary/aromatic N) is 2. The molecule has 1 fully saturated rings. The summed E-state index contributed by atoms with van der Waals surface area (Å²) in [6.45, 7) is 2.48. The van der Waals surface area contributed by atoms with Crippen molar-refractivity contribution >= 4 is 35.6 Å². The Morgan fingerprint density at radius 3 is 2.58 bits per heavy atom. The first-order valence-electron chi connectivity index (χ1n) is 7.79. The number of aliphatic imine (C=N–C) groups is 1. The number of rotatable bonds is 5. The highest BCUT2D eigenvalue weighted by molar-refractivity contribution is 14.0. The summed E-state index contributed by atoms with van der Waals surface area (Å²) in [5.41, 5.74) is 1.21. The maximum atomic E-state index is 12.1. The molecule has 24 heavy (non-hydrogen) atoms. The Bertz CT molecular complexity index is 508. The number of hydrogen-bond acceptors (Lipinski definition) is 2. The minimum Gasteiger partial charge on any atom is -0.371 e. The van der Waals surface area contributed by atoms with E-state index in [2.05, 4.69) is 32.7 Å². The topological polar surface area (TPSA) is 39.7 Å². The minimum absolute atomic E-state index is 0. The first-order valence-corrected chi connectivity index (χ1v) is 7.79. The summed E-state index contributed by atoms with van der Waals surface area (Å²) in [6.07, 6.45) is -3.95. The molecule has 1 aliphatic rings. The van der Waals surface area contributed by atoms with Gasteiger partial charge in [-0.3, -0.25) is 4.99 Å². The van der Waals surface area contributed by atoms with Crippen molar-refractivity contribution in [2.75, 3.05) is 38.1 Å². The van der Waals surface area contributed by atoms with Crippen molar-refractivity contribution < 1.29 is 13.2 Å². The molecule has 136 valence electrons. The number of nitrogens with one attached hydrogen (secondary N) is 2. The van der Waals surface area contributed by atoms with Gasteiger partial charge in [-0.1, -0.05) is 18.2 Å². The molecule has 1 unspecified atom stereocenters. The number of alkyl halides is 3. The second kappa shape index (κ2) is 9.95. The van der Waals surface area contributed by atoms with Gasteiger partial charge in [0.15, 0.2) is 5.96 Å². The molecule has 0 amide bonds. The fraction of sp³-hybridized carbons (Fsp3) is 0.562. The van der Waals surface area contributed by atoms with Gasteiger partial charge in [-0.15, -0.1) is 24.0 Å².